The van der Waals surface area contributed by atoms with Crippen molar-refractivity contribution in [1.29, 1.82) is 0 Å². The minimum atomic E-state index is -3.56. The molecule has 0 spiro atoms. The molecule has 0 saturated heterocycles. The number of aryl methyl sites for hydroxylation is 1. The van der Waals surface area contributed by atoms with Crippen LogP contribution in [0.25, 0.3) is 0 Å². The van der Waals surface area contributed by atoms with Gasteiger partial charge in [0.2, 0.25) is 0 Å². The van der Waals surface area contributed by atoms with Crippen LogP contribution < -0.4 is 4.83 Å². The molecule has 1 aromatic rings. The smallest absolute Gasteiger partial charge is 0.200 e. The summed E-state index contributed by atoms with van der Waals surface area (Å²) in [5.41, 5.74) is 2.32. The van der Waals surface area contributed by atoms with E-state index in [2.05, 4.69) is 23.8 Å². The molecule has 4 nitrogen and oxygen atoms in total. The number of nitrogens with one attached hydrogen (secondary N) is 1. The highest BCUT2D eigenvalue weighted by atomic mass is 32.2. The Morgan fingerprint density at radius 1 is 1.24 bits per heavy atom. The minimum absolute atomic E-state index is 0.263. The van der Waals surface area contributed by atoms with Crippen molar-refractivity contribution in [3.05, 3.63) is 29.8 Å². The number of hydrogen-bond acceptors (Lipinski definition) is 3. The van der Waals surface area contributed by atoms with Gasteiger partial charge < -0.3 is 0 Å². The van der Waals surface area contributed by atoms with Gasteiger partial charge in [-0.1, -0.05) is 31.5 Å². The molecule has 3 saturated carbocycles. The molecule has 0 unspecified atom stereocenters. The number of rotatable bonds is 3. The molecule has 1 N–H and O–H groups in total. The topological polar surface area (TPSA) is 58.5 Å². The average molecular weight is 306 g/mol. The van der Waals surface area contributed by atoms with Crippen LogP contribution >= 0.6 is 0 Å². The highest BCUT2D eigenvalue weighted by Gasteiger charge is 2.53. The van der Waals surface area contributed by atoms with Crippen LogP contribution in [0.4, 0.5) is 0 Å². The predicted octanol–water partition coefficient (Wildman–Crippen LogP) is 3.09. The van der Waals surface area contributed by atoms with Crippen LogP contribution in [0, 0.1) is 24.2 Å². The summed E-state index contributed by atoms with van der Waals surface area (Å²) in [5, 5.41) is 4.25. The quantitative estimate of drug-likeness (QED) is 0.872. The van der Waals surface area contributed by atoms with Crippen LogP contribution in [0.2, 0.25) is 0 Å². The Bertz CT molecular complexity index is 673. The summed E-state index contributed by atoms with van der Waals surface area (Å²) in [7, 11) is -3.56. The van der Waals surface area contributed by atoms with Gasteiger partial charge >= 0.3 is 0 Å². The molecular weight excluding hydrogens is 284 g/mol. The fourth-order valence-electron chi connectivity index (χ4n) is 3.59. The molecule has 2 bridgehead atoms. The van der Waals surface area contributed by atoms with E-state index in [1.54, 1.807) is 24.3 Å². The summed E-state index contributed by atoms with van der Waals surface area (Å²) in [4.78, 5) is 2.68. The van der Waals surface area contributed by atoms with E-state index in [1.807, 2.05) is 6.92 Å². The number of hydrazone groups is 1. The summed E-state index contributed by atoms with van der Waals surface area (Å²) in [6.07, 6.45) is 3.18. The zero-order valence-corrected chi connectivity index (χ0v) is 13.6. The maximum Gasteiger partial charge on any atom is 0.276 e. The summed E-state index contributed by atoms with van der Waals surface area (Å²) < 4.78 is 24.5. The van der Waals surface area contributed by atoms with Crippen molar-refractivity contribution in [1.82, 2.24) is 4.83 Å². The molecule has 3 aliphatic rings. The summed E-state index contributed by atoms with van der Waals surface area (Å²) >= 11 is 0. The van der Waals surface area contributed by atoms with Crippen molar-refractivity contribution in [2.45, 2.75) is 44.9 Å². The van der Waals surface area contributed by atoms with Gasteiger partial charge in [-0.05, 0) is 49.7 Å². The summed E-state index contributed by atoms with van der Waals surface area (Å²) in [6.45, 7) is 6.45. The van der Waals surface area contributed by atoms with Crippen molar-refractivity contribution < 1.29 is 8.42 Å². The lowest BCUT2D eigenvalue weighted by molar-refractivity contribution is 0.00121. The van der Waals surface area contributed by atoms with Gasteiger partial charge in [0.05, 0.1) is 4.90 Å². The van der Waals surface area contributed by atoms with Gasteiger partial charge in [0.1, 0.15) is 0 Å². The molecule has 0 radical (unpaired) electrons. The van der Waals surface area contributed by atoms with Gasteiger partial charge in [0.15, 0.2) is 0 Å². The van der Waals surface area contributed by atoms with Gasteiger partial charge in [-0.3, -0.25) is 0 Å². The molecule has 21 heavy (non-hydrogen) atoms. The van der Waals surface area contributed by atoms with Crippen molar-refractivity contribution in [3.63, 3.8) is 0 Å². The third-order valence-corrected chi connectivity index (χ3v) is 6.49. The van der Waals surface area contributed by atoms with E-state index in [1.165, 1.54) is 0 Å². The fraction of sp³-hybridized carbons (Fsp3) is 0.562. The Labute approximate surface area is 126 Å². The van der Waals surface area contributed by atoms with Gasteiger partial charge in [-0.25, -0.2) is 4.83 Å². The molecule has 0 aliphatic heterocycles. The SMILES string of the molecule is Cc1ccc(S(=O)(=O)N/N=C2/CC[C@H]3C[C@@H]2C3(C)C)cc1. The van der Waals surface area contributed by atoms with Crippen LogP contribution in [-0.4, -0.2) is 14.1 Å². The molecule has 3 fully saturated rings. The zero-order valence-electron chi connectivity index (χ0n) is 12.8. The number of nitrogens with zero attached hydrogens (tertiary/aromatic N) is 1. The molecule has 2 atom stereocenters. The van der Waals surface area contributed by atoms with Gasteiger partial charge in [-0.2, -0.15) is 13.5 Å². The minimum Gasteiger partial charge on any atom is -0.200 e. The van der Waals surface area contributed by atoms with Gasteiger partial charge in [0, 0.05) is 11.6 Å². The number of benzene rings is 1. The van der Waals surface area contributed by atoms with Crippen LogP contribution in [-0.2, 0) is 10.0 Å². The van der Waals surface area contributed by atoms with Crippen molar-refractivity contribution in [3.8, 4) is 0 Å². The lowest BCUT2D eigenvalue weighted by atomic mass is 9.48. The second-order valence-electron chi connectivity index (χ2n) is 6.86. The zero-order chi connectivity index (χ0) is 15.3. The third-order valence-electron chi connectivity index (χ3n) is 5.26. The first kappa shape index (κ1) is 14.6. The number of sulfonamides is 1. The second kappa shape index (κ2) is 4.83. The first-order valence-corrected chi connectivity index (χ1v) is 8.94. The fourth-order valence-corrected chi connectivity index (χ4v) is 4.43. The monoisotopic (exact) mass is 306 g/mol. The Balaban J connectivity index is 1.77. The van der Waals surface area contributed by atoms with Crippen LogP contribution in [0.1, 0.15) is 38.7 Å². The molecular formula is C16H22N2O2S. The second-order valence-corrected chi connectivity index (χ2v) is 8.52. The molecule has 114 valence electrons. The van der Waals surface area contributed by atoms with Crippen molar-refractivity contribution >= 4 is 15.7 Å². The van der Waals surface area contributed by atoms with Crippen LogP contribution in [0.5, 0.6) is 0 Å². The van der Waals surface area contributed by atoms with E-state index in [0.29, 0.717) is 5.92 Å². The van der Waals surface area contributed by atoms with E-state index >= 15 is 0 Å². The van der Waals surface area contributed by atoms with E-state index in [4.69, 9.17) is 0 Å². The predicted molar refractivity (Wildman–Crippen MR) is 83.5 cm³/mol. The number of fused-ring (bicyclic) bond motifs is 2. The van der Waals surface area contributed by atoms with E-state index in [-0.39, 0.29) is 10.3 Å². The molecule has 0 aromatic heterocycles. The van der Waals surface area contributed by atoms with Gasteiger partial charge in [-0.15, -0.1) is 0 Å². The lowest BCUT2D eigenvalue weighted by Crippen LogP contribution is -2.53. The van der Waals surface area contributed by atoms with Gasteiger partial charge in [0.25, 0.3) is 10.0 Å². The molecule has 3 aliphatic carbocycles. The highest BCUT2D eigenvalue weighted by Crippen LogP contribution is 2.57. The molecule has 0 amide bonds. The molecule has 5 heteroatoms. The van der Waals surface area contributed by atoms with E-state index in [0.717, 1.165) is 36.5 Å². The van der Waals surface area contributed by atoms with E-state index in [9.17, 15) is 8.42 Å². The Hall–Kier alpha value is -1.36. The number of hydrogen-bond donors (Lipinski definition) is 1. The standard InChI is InChI=1S/C16H22N2O2S/c1-11-4-7-13(8-5-11)21(19,20)18-17-15-9-6-12-10-14(15)16(12,2)3/h4-5,7-8,12,14,18H,6,9-10H2,1-3H3/b17-15-/t12-,14-/m0/s1. The highest BCUT2D eigenvalue weighted by molar-refractivity contribution is 7.89. The maximum absolute atomic E-state index is 12.2. The molecule has 4 rings (SSSR count). The Morgan fingerprint density at radius 2 is 1.90 bits per heavy atom. The van der Waals surface area contributed by atoms with Crippen molar-refractivity contribution in [2.24, 2.45) is 22.4 Å². The maximum atomic E-state index is 12.2. The molecule has 1 aromatic carbocycles. The normalized spacial score (nSPS) is 29.0. The lowest BCUT2D eigenvalue weighted by Gasteiger charge is -2.56. The Kier molecular flexibility index (Phi) is 3.35. The van der Waals surface area contributed by atoms with Crippen LogP contribution in [0.3, 0.4) is 0 Å². The average Bonchev–Trinajstić information content (AvgIpc) is 2.45. The molecule has 0 heterocycles. The van der Waals surface area contributed by atoms with Crippen LogP contribution in [0.15, 0.2) is 34.3 Å². The Morgan fingerprint density at radius 3 is 2.48 bits per heavy atom. The summed E-state index contributed by atoms with van der Waals surface area (Å²) in [5.74, 6) is 1.20. The van der Waals surface area contributed by atoms with E-state index < -0.39 is 10.0 Å². The third kappa shape index (κ3) is 2.48. The first-order valence-electron chi connectivity index (χ1n) is 7.45. The first-order chi connectivity index (χ1) is 9.80. The largest absolute Gasteiger partial charge is 0.276 e. The summed E-state index contributed by atoms with van der Waals surface area (Å²) in [6, 6.07) is 6.81. The van der Waals surface area contributed by atoms with Crippen molar-refractivity contribution in [2.75, 3.05) is 0 Å².